The molecule has 0 aliphatic rings. The third-order valence-electron chi connectivity index (χ3n) is 2.24. The Hall–Kier alpha value is 0.190. The molecule has 0 saturated heterocycles. The van der Waals surface area contributed by atoms with Gasteiger partial charge in [0.25, 0.3) is 0 Å². The van der Waals surface area contributed by atoms with Crippen LogP contribution in [0.4, 0.5) is 5.82 Å². The van der Waals surface area contributed by atoms with Crippen LogP contribution in [-0.4, -0.2) is 27.3 Å². The number of nitrogens with one attached hydrogen (secondary N) is 1. The Kier molecular flexibility index (Phi) is 5.35. The van der Waals surface area contributed by atoms with Gasteiger partial charge >= 0.3 is 0 Å². The van der Waals surface area contributed by atoms with E-state index in [1.165, 1.54) is 6.33 Å². The van der Waals surface area contributed by atoms with Gasteiger partial charge < -0.3 is 5.32 Å². The molecule has 1 rings (SSSR count). The Morgan fingerprint density at radius 1 is 1.47 bits per heavy atom. The first kappa shape index (κ1) is 13.3. The molecular weight excluding hydrogens is 348 g/mol. The first-order valence-corrected chi connectivity index (χ1v) is 6.68. The average Bonchev–Trinajstić information content (AvgIpc) is 2.29. The van der Waals surface area contributed by atoms with Crippen LogP contribution in [-0.2, 0) is 0 Å². The molecule has 84 valence electrons. The summed E-state index contributed by atoms with van der Waals surface area (Å²) in [4.78, 5) is 8.09. The van der Waals surface area contributed by atoms with E-state index in [1.54, 1.807) is 6.20 Å². The number of alkyl halides is 2. The van der Waals surface area contributed by atoms with Crippen molar-refractivity contribution in [1.29, 1.82) is 0 Å². The quantitative estimate of drug-likeness (QED) is 0.648. The predicted molar refractivity (Wildman–Crippen MR) is 72.8 cm³/mol. The van der Waals surface area contributed by atoms with Crippen LogP contribution in [0.3, 0.4) is 0 Å². The summed E-state index contributed by atoms with van der Waals surface area (Å²) in [7, 11) is 0. The topological polar surface area (TPSA) is 37.8 Å². The van der Waals surface area contributed by atoms with Gasteiger partial charge in [-0.3, -0.25) is 0 Å². The van der Waals surface area contributed by atoms with Gasteiger partial charge in [-0.2, -0.15) is 0 Å². The van der Waals surface area contributed by atoms with E-state index in [1.807, 2.05) is 6.92 Å². The fourth-order valence-corrected chi connectivity index (χ4v) is 2.27. The summed E-state index contributed by atoms with van der Waals surface area (Å²) in [5.41, 5.74) is -0.294. The van der Waals surface area contributed by atoms with E-state index in [0.29, 0.717) is 11.8 Å². The third-order valence-corrected chi connectivity index (χ3v) is 4.05. The van der Waals surface area contributed by atoms with Crippen LogP contribution in [0.25, 0.3) is 0 Å². The van der Waals surface area contributed by atoms with E-state index in [4.69, 9.17) is 23.2 Å². The summed E-state index contributed by atoms with van der Waals surface area (Å²) in [6.45, 7) is 2.05. The van der Waals surface area contributed by atoms with Gasteiger partial charge in [0.2, 0.25) is 0 Å². The molecule has 0 aromatic carbocycles. The molecule has 1 heterocycles. The summed E-state index contributed by atoms with van der Waals surface area (Å²) >= 11 is 14.0. The molecule has 1 aromatic rings. The van der Waals surface area contributed by atoms with Crippen molar-refractivity contribution < 1.29 is 0 Å². The highest BCUT2D eigenvalue weighted by Crippen LogP contribution is 2.23. The lowest BCUT2D eigenvalue weighted by Gasteiger charge is -2.30. The molecular formula is C9H12Cl2IN3. The van der Waals surface area contributed by atoms with E-state index in [2.05, 4.69) is 37.9 Å². The second-order valence-corrected chi connectivity index (χ2v) is 4.94. The van der Waals surface area contributed by atoms with Crippen molar-refractivity contribution in [1.82, 2.24) is 9.97 Å². The van der Waals surface area contributed by atoms with Crippen LogP contribution in [0.2, 0.25) is 0 Å². The minimum atomic E-state index is -0.294. The van der Waals surface area contributed by atoms with Crippen molar-refractivity contribution in [2.24, 2.45) is 0 Å². The lowest BCUT2D eigenvalue weighted by molar-refractivity contribution is 0.557. The minimum absolute atomic E-state index is 0.294. The van der Waals surface area contributed by atoms with Gasteiger partial charge in [-0.1, -0.05) is 6.92 Å². The Balaban J connectivity index is 2.88. The highest BCUT2D eigenvalue weighted by atomic mass is 127. The standard InChI is InChI=1S/C9H12Cl2IN3/c1-2-9(4-10,5-11)15-8-7(12)3-13-6-14-8/h3,6H,2,4-5H2,1H3,(H,13,14,15). The Bertz CT molecular complexity index is 310. The van der Waals surface area contributed by atoms with Crippen LogP contribution >= 0.6 is 45.8 Å². The second kappa shape index (κ2) is 6.06. The van der Waals surface area contributed by atoms with Gasteiger partial charge in [-0.15, -0.1) is 23.2 Å². The number of anilines is 1. The number of hydrogen-bond donors (Lipinski definition) is 1. The second-order valence-electron chi connectivity index (χ2n) is 3.25. The van der Waals surface area contributed by atoms with Crippen LogP contribution in [0, 0.1) is 3.57 Å². The summed E-state index contributed by atoms with van der Waals surface area (Å²) < 4.78 is 0.961. The maximum absolute atomic E-state index is 5.93. The zero-order valence-corrected chi connectivity index (χ0v) is 12.0. The molecule has 0 aliphatic heterocycles. The lowest BCUT2D eigenvalue weighted by Crippen LogP contribution is -2.42. The van der Waals surface area contributed by atoms with Gasteiger partial charge in [0.1, 0.15) is 12.1 Å². The Labute approximate surface area is 113 Å². The number of nitrogens with zero attached hydrogens (tertiary/aromatic N) is 2. The molecule has 15 heavy (non-hydrogen) atoms. The third kappa shape index (κ3) is 3.32. The van der Waals surface area contributed by atoms with Crippen molar-refractivity contribution in [2.75, 3.05) is 17.1 Å². The Morgan fingerprint density at radius 2 is 2.13 bits per heavy atom. The molecule has 0 saturated carbocycles. The maximum atomic E-state index is 5.93. The van der Waals surface area contributed by atoms with Gasteiger partial charge in [-0.25, -0.2) is 9.97 Å². The molecule has 0 atom stereocenters. The van der Waals surface area contributed by atoms with Crippen LogP contribution < -0.4 is 5.32 Å². The van der Waals surface area contributed by atoms with E-state index in [-0.39, 0.29) is 5.54 Å². The molecule has 3 nitrogen and oxygen atoms in total. The molecule has 0 unspecified atom stereocenters. The van der Waals surface area contributed by atoms with E-state index >= 15 is 0 Å². The summed E-state index contributed by atoms with van der Waals surface area (Å²) in [5, 5.41) is 3.29. The summed E-state index contributed by atoms with van der Waals surface area (Å²) in [6, 6.07) is 0. The molecule has 0 bridgehead atoms. The molecule has 0 amide bonds. The molecule has 0 aliphatic carbocycles. The van der Waals surface area contributed by atoms with E-state index in [0.717, 1.165) is 15.8 Å². The number of halogens is 3. The lowest BCUT2D eigenvalue weighted by atomic mass is 10.0. The van der Waals surface area contributed by atoms with Crippen LogP contribution in [0.5, 0.6) is 0 Å². The normalized spacial score (nSPS) is 11.5. The number of aromatic nitrogens is 2. The largest absolute Gasteiger partial charge is 0.361 e. The van der Waals surface area contributed by atoms with Gasteiger partial charge in [0.05, 0.1) is 9.11 Å². The van der Waals surface area contributed by atoms with Crippen molar-refractivity contribution in [2.45, 2.75) is 18.9 Å². The predicted octanol–water partition coefficient (Wildman–Crippen LogP) is 3.12. The fraction of sp³-hybridized carbons (Fsp3) is 0.556. The molecule has 1 aromatic heterocycles. The minimum Gasteiger partial charge on any atom is -0.361 e. The number of hydrogen-bond acceptors (Lipinski definition) is 3. The summed E-state index contributed by atoms with van der Waals surface area (Å²) in [6.07, 6.45) is 4.10. The first-order valence-electron chi connectivity index (χ1n) is 4.53. The van der Waals surface area contributed by atoms with E-state index in [9.17, 15) is 0 Å². The number of rotatable bonds is 5. The first-order chi connectivity index (χ1) is 7.17. The smallest absolute Gasteiger partial charge is 0.143 e. The maximum Gasteiger partial charge on any atom is 0.143 e. The van der Waals surface area contributed by atoms with Crippen LogP contribution in [0.1, 0.15) is 13.3 Å². The van der Waals surface area contributed by atoms with Gasteiger partial charge in [0.15, 0.2) is 0 Å². The zero-order chi connectivity index (χ0) is 11.3. The Morgan fingerprint density at radius 3 is 2.60 bits per heavy atom. The van der Waals surface area contributed by atoms with E-state index < -0.39 is 0 Å². The molecule has 0 spiro atoms. The highest BCUT2D eigenvalue weighted by molar-refractivity contribution is 14.1. The highest BCUT2D eigenvalue weighted by Gasteiger charge is 2.27. The SMILES string of the molecule is CCC(CCl)(CCl)Nc1ncncc1I. The van der Waals surface area contributed by atoms with Crippen molar-refractivity contribution in [3.8, 4) is 0 Å². The van der Waals surface area contributed by atoms with Crippen molar-refractivity contribution in [3.63, 3.8) is 0 Å². The molecule has 0 fully saturated rings. The van der Waals surface area contributed by atoms with Crippen LogP contribution in [0.15, 0.2) is 12.5 Å². The van der Waals surface area contributed by atoms with Crippen molar-refractivity contribution >= 4 is 51.6 Å². The zero-order valence-electron chi connectivity index (χ0n) is 8.30. The van der Waals surface area contributed by atoms with Crippen molar-refractivity contribution in [3.05, 3.63) is 16.1 Å². The molecule has 1 N–H and O–H groups in total. The van der Waals surface area contributed by atoms with Gasteiger partial charge in [-0.05, 0) is 29.0 Å². The molecule has 0 radical (unpaired) electrons. The molecule has 6 heteroatoms. The van der Waals surface area contributed by atoms with Gasteiger partial charge in [0, 0.05) is 18.0 Å². The average molecular weight is 360 g/mol. The fourth-order valence-electron chi connectivity index (χ4n) is 1.04. The summed E-state index contributed by atoms with van der Waals surface area (Å²) in [5.74, 6) is 1.69. The monoisotopic (exact) mass is 359 g/mol.